The summed E-state index contributed by atoms with van der Waals surface area (Å²) >= 11 is 0. The Balaban J connectivity index is 1.63. The molecule has 2 aromatic carbocycles. The van der Waals surface area contributed by atoms with Gasteiger partial charge in [0.1, 0.15) is 0 Å². The minimum Gasteiger partial charge on any atom is -0.493 e. The molecule has 5 nitrogen and oxygen atoms in total. The van der Waals surface area contributed by atoms with E-state index < -0.39 is 0 Å². The largest absolute Gasteiger partial charge is 0.493 e. The molecule has 27 heavy (non-hydrogen) atoms. The molecule has 2 aromatic rings. The second-order valence-corrected chi connectivity index (χ2v) is 6.85. The summed E-state index contributed by atoms with van der Waals surface area (Å²) in [6, 6.07) is 14.7. The number of carbonyl (C=O) groups is 1. The minimum atomic E-state index is 0.162. The number of hydrogen-bond donors (Lipinski definition) is 2. The number of benzene rings is 2. The molecule has 144 valence electrons. The van der Waals surface area contributed by atoms with E-state index in [1.54, 1.807) is 14.2 Å². The van der Waals surface area contributed by atoms with Crippen LogP contribution in [0, 0.1) is 0 Å². The maximum Gasteiger partial charge on any atom is 0.220 e. The smallest absolute Gasteiger partial charge is 0.220 e. The predicted octanol–water partition coefficient (Wildman–Crippen LogP) is 3.52. The Bertz CT molecular complexity index is 758. The molecular formula is C22H28N2O3. The number of methoxy groups -OCH3 is 2. The maximum atomic E-state index is 11.8. The van der Waals surface area contributed by atoms with Crippen LogP contribution < -0.4 is 20.1 Å². The van der Waals surface area contributed by atoms with Gasteiger partial charge in [-0.3, -0.25) is 4.79 Å². The highest BCUT2D eigenvalue weighted by molar-refractivity contribution is 5.76. The van der Waals surface area contributed by atoms with Gasteiger partial charge in [0, 0.05) is 19.0 Å². The summed E-state index contributed by atoms with van der Waals surface area (Å²) in [5, 5.41) is 6.47. The molecule has 0 bridgehead atoms. The van der Waals surface area contributed by atoms with Gasteiger partial charge in [0.25, 0.3) is 0 Å². The Morgan fingerprint density at radius 1 is 1.07 bits per heavy atom. The van der Waals surface area contributed by atoms with E-state index in [1.807, 2.05) is 30.3 Å². The van der Waals surface area contributed by atoms with Crippen LogP contribution in [0.15, 0.2) is 42.5 Å². The van der Waals surface area contributed by atoms with Gasteiger partial charge < -0.3 is 20.1 Å². The normalized spacial score (nSPS) is 13.3. The van der Waals surface area contributed by atoms with Gasteiger partial charge in [0.2, 0.25) is 5.91 Å². The van der Waals surface area contributed by atoms with Gasteiger partial charge in [0.05, 0.1) is 14.2 Å². The molecule has 1 aliphatic carbocycles. The van der Waals surface area contributed by atoms with Gasteiger partial charge in [-0.25, -0.2) is 0 Å². The molecule has 1 aliphatic rings. The van der Waals surface area contributed by atoms with E-state index in [9.17, 15) is 4.79 Å². The number of rotatable bonds is 10. The van der Waals surface area contributed by atoms with Crippen molar-refractivity contribution < 1.29 is 14.3 Å². The van der Waals surface area contributed by atoms with Crippen molar-refractivity contribution in [3.05, 3.63) is 48.0 Å². The Morgan fingerprint density at radius 3 is 2.44 bits per heavy atom. The first-order valence-corrected chi connectivity index (χ1v) is 9.51. The standard InChI is InChI=1S/C22H28N2O3/c1-26-20-13-17(15-23-12-6-9-22(25)24-18-10-11-18)19(14-21(20)27-2)16-7-4-3-5-8-16/h3-5,7-8,13-14,18,23H,6,9-12,15H2,1-2H3,(H,24,25). The lowest BCUT2D eigenvalue weighted by Gasteiger charge is -2.16. The molecule has 3 rings (SSSR count). The first kappa shape index (κ1) is 19.2. The van der Waals surface area contributed by atoms with Crippen molar-refractivity contribution >= 4 is 5.91 Å². The van der Waals surface area contributed by atoms with Gasteiger partial charge in [-0.15, -0.1) is 0 Å². The number of amides is 1. The van der Waals surface area contributed by atoms with Crippen molar-refractivity contribution in [3.63, 3.8) is 0 Å². The molecule has 1 saturated carbocycles. The molecule has 0 unspecified atom stereocenters. The summed E-state index contributed by atoms with van der Waals surface area (Å²) in [5.41, 5.74) is 3.40. The van der Waals surface area contributed by atoms with Crippen molar-refractivity contribution in [3.8, 4) is 22.6 Å². The van der Waals surface area contributed by atoms with Crippen molar-refractivity contribution in [2.45, 2.75) is 38.3 Å². The highest BCUT2D eigenvalue weighted by atomic mass is 16.5. The third-order valence-corrected chi connectivity index (χ3v) is 4.71. The van der Waals surface area contributed by atoms with Gasteiger partial charge in [-0.05, 0) is 54.6 Å². The fraction of sp³-hybridized carbons (Fsp3) is 0.409. The monoisotopic (exact) mass is 368 g/mol. The van der Waals surface area contributed by atoms with Crippen LogP contribution >= 0.6 is 0 Å². The van der Waals surface area contributed by atoms with E-state index in [0.29, 0.717) is 19.0 Å². The summed E-state index contributed by atoms with van der Waals surface area (Å²) in [5.74, 6) is 1.60. The van der Waals surface area contributed by atoms with E-state index in [2.05, 4.69) is 22.8 Å². The Morgan fingerprint density at radius 2 is 1.78 bits per heavy atom. The van der Waals surface area contributed by atoms with Crippen molar-refractivity contribution in [1.29, 1.82) is 0 Å². The van der Waals surface area contributed by atoms with Crippen LogP contribution in [0.2, 0.25) is 0 Å². The molecule has 2 N–H and O–H groups in total. The van der Waals surface area contributed by atoms with Crippen molar-refractivity contribution in [2.24, 2.45) is 0 Å². The van der Waals surface area contributed by atoms with E-state index in [0.717, 1.165) is 54.0 Å². The van der Waals surface area contributed by atoms with Crippen LogP contribution in [0.4, 0.5) is 0 Å². The van der Waals surface area contributed by atoms with Crippen LogP contribution in [-0.2, 0) is 11.3 Å². The van der Waals surface area contributed by atoms with Gasteiger partial charge >= 0.3 is 0 Å². The van der Waals surface area contributed by atoms with E-state index in [1.165, 1.54) is 0 Å². The highest BCUT2D eigenvalue weighted by Gasteiger charge is 2.22. The Labute approximate surface area is 161 Å². The van der Waals surface area contributed by atoms with Gasteiger partial charge in [-0.1, -0.05) is 30.3 Å². The molecular weight excluding hydrogens is 340 g/mol. The summed E-state index contributed by atoms with van der Waals surface area (Å²) in [7, 11) is 3.30. The molecule has 0 spiro atoms. The summed E-state index contributed by atoms with van der Waals surface area (Å²) < 4.78 is 10.9. The third kappa shape index (κ3) is 5.47. The van der Waals surface area contributed by atoms with E-state index in [-0.39, 0.29) is 5.91 Å². The molecule has 0 heterocycles. The quantitative estimate of drug-likeness (QED) is 0.630. The molecule has 1 amide bonds. The number of ether oxygens (including phenoxy) is 2. The number of hydrogen-bond acceptors (Lipinski definition) is 4. The Hall–Kier alpha value is -2.53. The molecule has 1 fully saturated rings. The van der Waals surface area contributed by atoms with Crippen molar-refractivity contribution in [1.82, 2.24) is 10.6 Å². The lowest BCUT2D eigenvalue weighted by atomic mass is 9.98. The zero-order chi connectivity index (χ0) is 19.1. The lowest BCUT2D eigenvalue weighted by molar-refractivity contribution is -0.121. The molecule has 0 saturated heterocycles. The SMILES string of the molecule is COc1cc(CNCCCC(=O)NC2CC2)c(-c2ccccc2)cc1OC. The second kappa shape index (κ2) is 9.42. The molecule has 0 aromatic heterocycles. The van der Waals surface area contributed by atoms with Crippen molar-refractivity contribution in [2.75, 3.05) is 20.8 Å². The number of nitrogens with one attached hydrogen (secondary N) is 2. The average molecular weight is 368 g/mol. The average Bonchev–Trinajstić information content (AvgIpc) is 3.51. The molecule has 5 heteroatoms. The minimum absolute atomic E-state index is 0.162. The lowest BCUT2D eigenvalue weighted by Crippen LogP contribution is -2.26. The summed E-state index contributed by atoms with van der Waals surface area (Å²) in [6.07, 6.45) is 3.66. The summed E-state index contributed by atoms with van der Waals surface area (Å²) in [6.45, 7) is 1.50. The topological polar surface area (TPSA) is 59.6 Å². The first-order chi connectivity index (χ1) is 13.2. The number of carbonyl (C=O) groups excluding carboxylic acids is 1. The fourth-order valence-corrected chi connectivity index (χ4v) is 3.08. The summed E-state index contributed by atoms with van der Waals surface area (Å²) in [4.78, 5) is 11.8. The van der Waals surface area contributed by atoms with Crippen LogP contribution in [0.3, 0.4) is 0 Å². The zero-order valence-electron chi connectivity index (χ0n) is 16.1. The highest BCUT2D eigenvalue weighted by Crippen LogP contribution is 2.35. The van der Waals surface area contributed by atoms with Crippen LogP contribution in [0.1, 0.15) is 31.2 Å². The maximum absolute atomic E-state index is 11.8. The van der Waals surface area contributed by atoms with E-state index >= 15 is 0 Å². The zero-order valence-corrected chi connectivity index (χ0v) is 16.1. The fourth-order valence-electron chi connectivity index (χ4n) is 3.08. The molecule has 0 radical (unpaired) electrons. The first-order valence-electron chi connectivity index (χ1n) is 9.51. The van der Waals surface area contributed by atoms with Gasteiger partial charge in [0.15, 0.2) is 11.5 Å². The Kier molecular flexibility index (Phi) is 6.71. The van der Waals surface area contributed by atoms with Gasteiger partial charge in [-0.2, -0.15) is 0 Å². The molecule has 0 aliphatic heterocycles. The third-order valence-electron chi connectivity index (χ3n) is 4.71. The second-order valence-electron chi connectivity index (χ2n) is 6.85. The van der Waals surface area contributed by atoms with Crippen LogP contribution in [0.5, 0.6) is 11.5 Å². The van der Waals surface area contributed by atoms with E-state index in [4.69, 9.17) is 9.47 Å². The predicted molar refractivity (Wildman–Crippen MR) is 107 cm³/mol. The molecule has 0 atom stereocenters. The van der Waals surface area contributed by atoms with Crippen LogP contribution in [0.25, 0.3) is 11.1 Å². The van der Waals surface area contributed by atoms with Crippen LogP contribution in [-0.4, -0.2) is 32.7 Å².